The van der Waals surface area contributed by atoms with Crippen LogP contribution < -0.4 is 0 Å². The van der Waals surface area contributed by atoms with E-state index in [1.165, 1.54) is 128 Å². The van der Waals surface area contributed by atoms with Gasteiger partial charge in [-0.05, 0) is 37.5 Å². The van der Waals surface area contributed by atoms with E-state index in [0.717, 1.165) is 108 Å². The molecule has 0 rings (SSSR count). The second kappa shape index (κ2) is 56.6. The summed E-state index contributed by atoms with van der Waals surface area (Å²) in [4.78, 5) is 72.1. The van der Waals surface area contributed by atoms with E-state index in [0.29, 0.717) is 25.7 Å². The van der Waals surface area contributed by atoms with Crippen LogP contribution in [0.2, 0.25) is 0 Å². The molecule has 0 bridgehead atoms. The zero-order chi connectivity index (χ0) is 61.5. The molecular formula is C64H124O17P2. The van der Waals surface area contributed by atoms with Crippen LogP contribution in [0.5, 0.6) is 0 Å². The van der Waals surface area contributed by atoms with Crippen LogP contribution in [0, 0.1) is 11.8 Å². The third-order valence-corrected chi connectivity index (χ3v) is 16.6. The number of ether oxygens (including phenoxy) is 4. The van der Waals surface area contributed by atoms with Crippen LogP contribution >= 0.6 is 15.6 Å². The van der Waals surface area contributed by atoms with E-state index in [9.17, 15) is 43.2 Å². The van der Waals surface area contributed by atoms with E-state index in [2.05, 4.69) is 41.5 Å². The maximum absolute atomic E-state index is 13.0. The molecule has 0 radical (unpaired) electrons. The first kappa shape index (κ1) is 81.1. The number of phosphoric ester groups is 2. The number of carbonyl (C=O) groups is 4. The molecule has 0 fully saturated rings. The monoisotopic (exact) mass is 1230 g/mol. The first-order valence-electron chi connectivity index (χ1n) is 33.5. The third kappa shape index (κ3) is 58.8. The summed E-state index contributed by atoms with van der Waals surface area (Å²) in [6, 6.07) is 0. The van der Waals surface area contributed by atoms with Gasteiger partial charge < -0.3 is 33.8 Å². The summed E-state index contributed by atoms with van der Waals surface area (Å²) in [5.41, 5.74) is 0. The van der Waals surface area contributed by atoms with Crippen LogP contribution in [0.3, 0.4) is 0 Å². The van der Waals surface area contributed by atoms with Crippen LogP contribution in [0.1, 0.15) is 318 Å². The van der Waals surface area contributed by atoms with E-state index in [4.69, 9.17) is 37.0 Å². The van der Waals surface area contributed by atoms with Gasteiger partial charge in [0, 0.05) is 25.7 Å². The maximum atomic E-state index is 13.0. The molecule has 2 unspecified atom stereocenters. The Balaban J connectivity index is 5.22. The Morgan fingerprint density at radius 1 is 0.325 bits per heavy atom. The van der Waals surface area contributed by atoms with E-state index >= 15 is 0 Å². The van der Waals surface area contributed by atoms with Crippen LogP contribution in [0.4, 0.5) is 0 Å². The van der Waals surface area contributed by atoms with E-state index in [1.54, 1.807) is 0 Å². The molecule has 0 saturated heterocycles. The molecule has 0 amide bonds. The van der Waals surface area contributed by atoms with Crippen LogP contribution in [0.25, 0.3) is 0 Å². The molecule has 0 heterocycles. The number of hydrogen-bond acceptors (Lipinski definition) is 15. The zero-order valence-electron chi connectivity index (χ0n) is 53.5. The lowest BCUT2D eigenvalue weighted by molar-refractivity contribution is -0.161. The van der Waals surface area contributed by atoms with Gasteiger partial charge in [0.25, 0.3) is 0 Å². The van der Waals surface area contributed by atoms with Crippen molar-refractivity contribution in [2.24, 2.45) is 11.8 Å². The Labute approximate surface area is 505 Å². The highest BCUT2D eigenvalue weighted by Crippen LogP contribution is 2.45. The number of aliphatic hydroxyl groups excluding tert-OH is 1. The Bertz CT molecular complexity index is 1630. The van der Waals surface area contributed by atoms with E-state index < -0.39 is 97.5 Å². The summed E-state index contributed by atoms with van der Waals surface area (Å²) in [5.74, 6) is -0.627. The Morgan fingerprint density at radius 3 is 0.819 bits per heavy atom. The van der Waals surface area contributed by atoms with Crippen molar-refractivity contribution in [1.82, 2.24) is 0 Å². The highest BCUT2D eigenvalue weighted by Gasteiger charge is 2.30. The standard InChI is InChI=1S/C64H124O17P2/c1-7-9-11-13-15-21-30-36-42-48-63(68)80-59(52-74-61(66)46-40-34-28-16-14-12-10-8-2)54-78-82(70,71)76-50-58(65)51-77-83(72,73)79-55-60(53-75-62(67)47-41-35-29-25-20-23-27-33-39-45-57(5)6)81-64(69)49-43-37-31-24-19-17-18-22-26-32-38-44-56(3)4/h56-60,65H,7-55H2,1-6H3,(H,70,71)(H,72,73)/t58-,59+,60+/m0/s1. The second-order valence-corrected chi connectivity index (χ2v) is 27.0. The molecule has 0 aromatic rings. The molecular weight excluding hydrogens is 1100 g/mol. The predicted molar refractivity (Wildman–Crippen MR) is 331 cm³/mol. The molecule has 0 spiro atoms. The maximum Gasteiger partial charge on any atom is 0.472 e. The lowest BCUT2D eigenvalue weighted by Crippen LogP contribution is -2.30. The van der Waals surface area contributed by atoms with Gasteiger partial charge in [0.15, 0.2) is 12.2 Å². The van der Waals surface area contributed by atoms with Gasteiger partial charge in [0.05, 0.1) is 26.4 Å². The molecule has 3 N–H and O–H groups in total. The van der Waals surface area contributed by atoms with Gasteiger partial charge in [-0.2, -0.15) is 0 Å². The summed E-state index contributed by atoms with van der Waals surface area (Å²) < 4.78 is 67.9. The number of unbranched alkanes of at least 4 members (excludes halogenated alkanes) is 33. The average molecular weight is 1230 g/mol. The largest absolute Gasteiger partial charge is 0.472 e. The zero-order valence-corrected chi connectivity index (χ0v) is 55.3. The van der Waals surface area contributed by atoms with Crippen molar-refractivity contribution in [3.63, 3.8) is 0 Å². The Morgan fingerprint density at radius 2 is 0.554 bits per heavy atom. The number of hydrogen-bond donors (Lipinski definition) is 3. The second-order valence-electron chi connectivity index (χ2n) is 24.1. The molecule has 0 aliphatic carbocycles. The fourth-order valence-corrected chi connectivity index (χ4v) is 11.1. The number of aliphatic hydroxyl groups is 1. The minimum atomic E-state index is -4.94. The number of carbonyl (C=O) groups excluding carboxylic acids is 4. The van der Waals surface area contributed by atoms with Crippen molar-refractivity contribution in [3.05, 3.63) is 0 Å². The first-order valence-corrected chi connectivity index (χ1v) is 36.5. The Hall–Kier alpha value is -1.94. The smallest absolute Gasteiger partial charge is 0.462 e. The SMILES string of the molecule is CCCCCCCCCCCC(=O)O[C@H](COC(=O)CCCCCCCCCC)COP(=O)(O)OC[C@H](O)COP(=O)(O)OC[C@@H](COC(=O)CCCCCCCCCCCC(C)C)OC(=O)CCCCCCCCCCCCCC(C)C. The molecule has 0 aliphatic heterocycles. The van der Waals surface area contributed by atoms with Crippen LogP contribution in [-0.2, 0) is 65.4 Å². The van der Waals surface area contributed by atoms with E-state index in [1.807, 2.05) is 0 Å². The molecule has 19 heteroatoms. The molecule has 492 valence electrons. The summed E-state index contributed by atoms with van der Waals surface area (Å²) in [6.45, 7) is 9.44. The van der Waals surface area contributed by atoms with Gasteiger partial charge in [-0.25, -0.2) is 9.13 Å². The Kier molecular flexibility index (Phi) is 55.2. The van der Waals surface area contributed by atoms with Crippen molar-refractivity contribution in [2.75, 3.05) is 39.6 Å². The number of phosphoric acid groups is 2. The number of rotatable bonds is 63. The highest BCUT2D eigenvalue weighted by molar-refractivity contribution is 7.47. The van der Waals surface area contributed by atoms with E-state index in [-0.39, 0.29) is 25.7 Å². The summed E-state index contributed by atoms with van der Waals surface area (Å²) in [7, 11) is -9.88. The molecule has 0 aromatic carbocycles. The van der Waals surface area contributed by atoms with Crippen molar-refractivity contribution in [2.45, 2.75) is 336 Å². The van der Waals surface area contributed by atoms with Crippen molar-refractivity contribution in [1.29, 1.82) is 0 Å². The van der Waals surface area contributed by atoms with Crippen LogP contribution in [0.15, 0.2) is 0 Å². The van der Waals surface area contributed by atoms with Gasteiger partial charge >= 0.3 is 39.5 Å². The molecule has 0 aromatic heterocycles. The summed E-state index contributed by atoms with van der Waals surface area (Å²) >= 11 is 0. The highest BCUT2D eigenvalue weighted by atomic mass is 31.2. The summed E-state index contributed by atoms with van der Waals surface area (Å²) in [6.07, 6.45) is 39.0. The first-order chi connectivity index (χ1) is 39.9. The minimum Gasteiger partial charge on any atom is -0.462 e. The summed E-state index contributed by atoms with van der Waals surface area (Å²) in [5, 5.41) is 10.5. The molecule has 0 saturated carbocycles. The van der Waals surface area contributed by atoms with Crippen molar-refractivity contribution >= 4 is 39.5 Å². The molecule has 0 aliphatic rings. The van der Waals surface area contributed by atoms with Gasteiger partial charge in [0.2, 0.25) is 0 Å². The normalized spacial score (nSPS) is 14.3. The molecule has 83 heavy (non-hydrogen) atoms. The fourth-order valence-electron chi connectivity index (χ4n) is 9.53. The topological polar surface area (TPSA) is 237 Å². The van der Waals surface area contributed by atoms with Crippen molar-refractivity contribution < 1.29 is 80.2 Å². The average Bonchev–Trinajstić information content (AvgIpc) is 3.46. The van der Waals surface area contributed by atoms with Gasteiger partial charge in [-0.3, -0.25) is 37.3 Å². The fraction of sp³-hybridized carbons (Fsp3) is 0.938. The quantitative estimate of drug-likeness (QED) is 0.0222. The number of esters is 4. The van der Waals surface area contributed by atoms with Crippen molar-refractivity contribution in [3.8, 4) is 0 Å². The third-order valence-electron chi connectivity index (χ3n) is 14.7. The molecule has 17 nitrogen and oxygen atoms in total. The minimum absolute atomic E-state index is 0.105. The van der Waals surface area contributed by atoms with Gasteiger partial charge in [-0.15, -0.1) is 0 Å². The lowest BCUT2D eigenvalue weighted by Gasteiger charge is -2.21. The van der Waals surface area contributed by atoms with Gasteiger partial charge in [-0.1, -0.05) is 266 Å². The van der Waals surface area contributed by atoms with Crippen LogP contribution in [-0.4, -0.2) is 96.7 Å². The van der Waals surface area contributed by atoms with Gasteiger partial charge in [0.1, 0.15) is 19.3 Å². The molecule has 5 atom stereocenters. The predicted octanol–water partition coefficient (Wildman–Crippen LogP) is 17.7. The lowest BCUT2D eigenvalue weighted by atomic mass is 10.0.